The minimum atomic E-state index is -3.41. The molecule has 0 aliphatic rings. The first-order valence-corrected chi connectivity index (χ1v) is 7.77. The molecule has 1 amide bonds. The summed E-state index contributed by atoms with van der Waals surface area (Å²) in [6.07, 6.45) is 1.68. The molecular formula is C10H20ClNO4S. The minimum absolute atomic E-state index is 0.389. The molecule has 0 atom stereocenters. The quantitative estimate of drug-likeness (QED) is 0.523. The summed E-state index contributed by atoms with van der Waals surface area (Å²) in [5.41, 5.74) is 0. The summed E-state index contributed by atoms with van der Waals surface area (Å²) in [7, 11) is -3.41. The Morgan fingerprint density at radius 1 is 1.35 bits per heavy atom. The van der Waals surface area contributed by atoms with Crippen molar-refractivity contribution in [3.63, 3.8) is 0 Å². The smallest absolute Gasteiger partial charge is 0.240 e. The molecule has 0 unspecified atom stereocenters. The van der Waals surface area contributed by atoms with Gasteiger partial charge in [-0.25, -0.2) is 8.42 Å². The van der Waals surface area contributed by atoms with E-state index in [9.17, 15) is 13.2 Å². The van der Waals surface area contributed by atoms with Crippen LogP contribution in [-0.2, 0) is 19.4 Å². The molecule has 0 saturated heterocycles. The van der Waals surface area contributed by atoms with Gasteiger partial charge in [-0.2, -0.15) is 0 Å². The van der Waals surface area contributed by atoms with E-state index in [1.807, 2.05) is 0 Å². The number of hydrogen-bond donors (Lipinski definition) is 1. The van der Waals surface area contributed by atoms with Crippen LogP contribution in [0.25, 0.3) is 0 Å². The van der Waals surface area contributed by atoms with Crippen LogP contribution >= 0.6 is 11.6 Å². The number of amides is 1. The summed E-state index contributed by atoms with van der Waals surface area (Å²) in [5.74, 6) is -0.0506. The van der Waals surface area contributed by atoms with Crippen LogP contribution in [0, 0.1) is 0 Å². The number of sulfone groups is 1. The largest absolute Gasteiger partial charge is 0.380 e. The summed E-state index contributed by atoms with van der Waals surface area (Å²) in [6.45, 7) is 4.14. The van der Waals surface area contributed by atoms with Crippen molar-refractivity contribution in [1.29, 1.82) is 0 Å². The monoisotopic (exact) mass is 285 g/mol. The van der Waals surface area contributed by atoms with Crippen molar-refractivity contribution in [3.05, 3.63) is 0 Å². The highest BCUT2D eigenvalue weighted by molar-refractivity contribution is 7.92. The number of rotatable bonds is 8. The fourth-order valence-corrected chi connectivity index (χ4v) is 1.43. The average molecular weight is 286 g/mol. The van der Waals surface area contributed by atoms with E-state index >= 15 is 0 Å². The fraction of sp³-hybridized carbons (Fsp3) is 0.900. The van der Waals surface area contributed by atoms with Crippen LogP contribution in [0.3, 0.4) is 0 Å². The topological polar surface area (TPSA) is 72.5 Å². The predicted molar refractivity (Wildman–Crippen MR) is 68.1 cm³/mol. The molecule has 0 aliphatic carbocycles. The Hall–Kier alpha value is -0.330. The number of alkyl halides is 1. The van der Waals surface area contributed by atoms with E-state index in [-0.39, 0.29) is 0 Å². The zero-order chi connectivity index (χ0) is 13.5. The zero-order valence-electron chi connectivity index (χ0n) is 10.5. The normalized spacial score (nSPS) is 12.5. The second kappa shape index (κ2) is 7.18. The van der Waals surface area contributed by atoms with Crippen LogP contribution in [-0.4, -0.2) is 51.0 Å². The number of carbonyl (C=O) groups is 1. The molecule has 0 heterocycles. The maximum Gasteiger partial charge on any atom is 0.240 e. The first-order chi connectivity index (χ1) is 7.73. The van der Waals surface area contributed by atoms with Gasteiger partial charge >= 0.3 is 0 Å². The lowest BCUT2D eigenvalue weighted by atomic mass is 10.2. The molecule has 0 aromatic rings. The van der Waals surface area contributed by atoms with E-state index in [0.29, 0.717) is 32.1 Å². The number of ether oxygens (including phenoxy) is 1. The van der Waals surface area contributed by atoms with Crippen LogP contribution in [0.2, 0.25) is 0 Å². The molecule has 0 saturated carbocycles. The lowest BCUT2D eigenvalue weighted by Crippen LogP contribution is -2.47. The minimum Gasteiger partial charge on any atom is -0.380 e. The van der Waals surface area contributed by atoms with Gasteiger partial charge < -0.3 is 10.1 Å². The molecule has 17 heavy (non-hydrogen) atoms. The lowest BCUT2D eigenvalue weighted by Gasteiger charge is -2.21. The van der Waals surface area contributed by atoms with Gasteiger partial charge in [0.1, 0.15) is 4.75 Å². The SMILES string of the molecule is CC(C)(C(=O)NCCCOCCCl)S(C)(=O)=O. The number of nitrogens with one attached hydrogen (secondary N) is 1. The highest BCUT2D eigenvalue weighted by Gasteiger charge is 2.37. The third kappa shape index (κ3) is 5.70. The number of halogens is 1. The Bertz CT molecular complexity index is 340. The van der Waals surface area contributed by atoms with Crippen LogP contribution in [0.4, 0.5) is 0 Å². The van der Waals surface area contributed by atoms with E-state index in [1.54, 1.807) is 0 Å². The van der Waals surface area contributed by atoms with Crippen molar-refractivity contribution in [2.45, 2.75) is 25.0 Å². The first-order valence-electron chi connectivity index (χ1n) is 5.35. The molecule has 102 valence electrons. The molecular weight excluding hydrogens is 266 g/mol. The summed E-state index contributed by atoms with van der Waals surface area (Å²) in [4.78, 5) is 11.6. The van der Waals surface area contributed by atoms with Crippen molar-refractivity contribution in [2.75, 3.05) is 31.9 Å². The van der Waals surface area contributed by atoms with Gasteiger partial charge in [0, 0.05) is 25.3 Å². The summed E-state index contributed by atoms with van der Waals surface area (Å²) in [5, 5.41) is 2.58. The van der Waals surface area contributed by atoms with Gasteiger partial charge in [-0.05, 0) is 20.3 Å². The Labute approximate surface area is 108 Å². The van der Waals surface area contributed by atoms with E-state index in [0.717, 1.165) is 6.26 Å². The standard InChI is InChI=1S/C10H20ClNO4S/c1-10(2,17(3,14)15)9(13)12-6-4-7-16-8-5-11/h4-8H2,1-3H3,(H,12,13). The van der Waals surface area contributed by atoms with Gasteiger partial charge in [-0.3, -0.25) is 4.79 Å². The van der Waals surface area contributed by atoms with Gasteiger partial charge in [0.2, 0.25) is 5.91 Å². The molecule has 0 radical (unpaired) electrons. The Morgan fingerprint density at radius 3 is 2.41 bits per heavy atom. The van der Waals surface area contributed by atoms with Gasteiger partial charge in [0.15, 0.2) is 9.84 Å². The molecule has 0 aliphatic heterocycles. The van der Waals surface area contributed by atoms with Crippen molar-refractivity contribution in [2.24, 2.45) is 0 Å². The van der Waals surface area contributed by atoms with Crippen molar-refractivity contribution in [3.8, 4) is 0 Å². The number of hydrogen-bond acceptors (Lipinski definition) is 4. The van der Waals surface area contributed by atoms with E-state index in [1.165, 1.54) is 13.8 Å². The molecule has 0 rings (SSSR count). The van der Waals surface area contributed by atoms with Gasteiger partial charge in [-0.1, -0.05) is 0 Å². The van der Waals surface area contributed by atoms with Gasteiger partial charge in [0.05, 0.1) is 6.61 Å². The lowest BCUT2D eigenvalue weighted by molar-refractivity contribution is -0.122. The maximum absolute atomic E-state index is 11.6. The first kappa shape index (κ1) is 16.7. The van der Waals surface area contributed by atoms with Crippen LogP contribution in [0.1, 0.15) is 20.3 Å². The van der Waals surface area contributed by atoms with Crippen molar-refractivity contribution < 1.29 is 17.9 Å². The molecule has 5 nitrogen and oxygen atoms in total. The van der Waals surface area contributed by atoms with Crippen LogP contribution in [0.5, 0.6) is 0 Å². The van der Waals surface area contributed by atoms with Gasteiger partial charge in [0.25, 0.3) is 0 Å². The average Bonchev–Trinajstić information content (AvgIpc) is 2.21. The molecule has 0 aromatic carbocycles. The second-order valence-electron chi connectivity index (χ2n) is 4.19. The second-order valence-corrected chi connectivity index (χ2v) is 7.14. The Morgan fingerprint density at radius 2 is 1.94 bits per heavy atom. The molecule has 1 N–H and O–H groups in total. The fourth-order valence-electron chi connectivity index (χ4n) is 0.914. The molecule has 7 heteroatoms. The molecule has 0 spiro atoms. The summed E-state index contributed by atoms with van der Waals surface area (Å²) < 4.78 is 26.5. The summed E-state index contributed by atoms with van der Waals surface area (Å²) >= 11 is 5.41. The highest BCUT2D eigenvalue weighted by atomic mass is 35.5. The van der Waals surface area contributed by atoms with E-state index in [4.69, 9.17) is 16.3 Å². The van der Waals surface area contributed by atoms with Crippen molar-refractivity contribution >= 4 is 27.3 Å². The van der Waals surface area contributed by atoms with Gasteiger partial charge in [-0.15, -0.1) is 11.6 Å². The third-order valence-corrected chi connectivity index (χ3v) is 4.64. The Kier molecular flexibility index (Phi) is 7.04. The highest BCUT2D eigenvalue weighted by Crippen LogP contribution is 2.14. The molecule has 0 fully saturated rings. The molecule has 0 aromatic heterocycles. The maximum atomic E-state index is 11.6. The van der Waals surface area contributed by atoms with Crippen molar-refractivity contribution in [1.82, 2.24) is 5.32 Å². The molecule has 0 bridgehead atoms. The Balaban J connectivity index is 3.96. The summed E-state index contributed by atoms with van der Waals surface area (Å²) in [6, 6.07) is 0. The van der Waals surface area contributed by atoms with E-state index in [2.05, 4.69) is 5.32 Å². The predicted octanol–water partition coefficient (Wildman–Crippen LogP) is 0.571. The number of carbonyl (C=O) groups excluding carboxylic acids is 1. The van der Waals surface area contributed by atoms with Crippen LogP contribution < -0.4 is 5.32 Å². The van der Waals surface area contributed by atoms with E-state index < -0.39 is 20.5 Å². The zero-order valence-corrected chi connectivity index (χ0v) is 12.0. The third-order valence-electron chi connectivity index (χ3n) is 2.45. The van der Waals surface area contributed by atoms with Crippen LogP contribution in [0.15, 0.2) is 0 Å².